The third kappa shape index (κ3) is 12.1. The molecule has 4 heterocycles. The van der Waals surface area contributed by atoms with Crippen molar-refractivity contribution in [2.24, 2.45) is 23.3 Å². The van der Waals surface area contributed by atoms with E-state index in [2.05, 4.69) is 15.3 Å². The van der Waals surface area contributed by atoms with Crippen LogP contribution in [0.5, 0.6) is 23.3 Å². The van der Waals surface area contributed by atoms with Crippen LogP contribution in [0.2, 0.25) is 0 Å². The maximum absolute atomic E-state index is 12.2. The van der Waals surface area contributed by atoms with Crippen molar-refractivity contribution in [3.8, 4) is 23.3 Å². The van der Waals surface area contributed by atoms with Gasteiger partial charge in [-0.3, -0.25) is 9.59 Å². The van der Waals surface area contributed by atoms with Gasteiger partial charge in [-0.2, -0.15) is 0 Å². The van der Waals surface area contributed by atoms with Gasteiger partial charge in [-0.25, -0.2) is 14.8 Å². The zero-order valence-corrected chi connectivity index (χ0v) is 34.3. The monoisotopic (exact) mass is 786 g/mol. The Morgan fingerprint density at radius 3 is 1.58 bits per heavy atom. The molecule has 0 spiro atoms. The lowest BCUT2D eigenvalue weighted by Crippen LogP contribution is -2.42. The molecule has 3 amide bonds. The van der Waals surface area contributed by atoms with E-state index in [1.807, 2.05) is 60.6 Å². The molecule has 0 radical (unpaired) electrons. The number of benzene rings is 2. The zero-order chi connectivity index (χ0) is 41.3. The fourth-order valence-electron chi connectivity index (χ4n) is 6.72. The molecular formula is C43H58N6O8. The number of amides is 3. The number of piperidine rings is 2. The Kier molecular flexibility index (Phi) is 14.4. The van der Waals surface area contributed by atoms with E-state index >= 15 is 0 Å². The first-order valence-electron chi connectivity index (χ1n) is 19.8. The maximum atomic E-state index is 12.2. The number of carbonyl (C=O) groups excluding carboxylic acids is 3. The number of ether oxygens (including phenoxy) is 5. The van der Waals surface area contributed by atoms with Gasteiger partial charge in [0.1, 0.15) is 17.1 Å². The fourth-order valence-corrected chi connectivity index (χ4v) is 6.72. The smallest absolute Gasteiger partial charge is 0.410 e. The van der Waals surface area contributed by atoms with Gasteiger partial charge in [-0.05, 0) is 146 Å². The number of likely N-dealkylation sites (tertiary alicyclic amines) is 1. The van der Waals surface area contributed by atoms with Crippen molar-refractivity contribution in [1.29, 1.82) is 0 Å². The Morgan fingerprint density at radius 1 is 0.737 bits per heavy atom. The van der Waals surface area contributed by atoms with Crippen molar-refractivity contribution in [2.45, 2.75) is 92.0 Å². The molecule has 2 aliphatic rings. The highest BCUT2D eigenvalue weighted by molar-refractivity contribution is 6.02. The number of carbonyl (C=O) groups is 3. The van der Waals surface area contributed by atoms with E-state index in [4.69, 9.17) is 35.2 Å². The van der Waals surface area contributed by atoms with Crippen LogP contribution < -0.4 is 35.7 Å². The van der Waals surface area contributed by atoms with Gasteiger partial charge < -0.3 is 45.4 Å². The van der Waals surface area contributed by atoms with Gasteiger partial charge >= 0.3 is 6.09 Å². The van der Waals surface area contributed by atoms with Crippen molar-refractivity contribution in [2.75, 3.05) is 39.4 Å². The Hall–Kier alpha value is -5.37. The number of nitrogens with two attached hydrogens (primary N) is 2. The van der Waals surface area contributed by atoms with Crippen LogP contribution in [0.15, 0.2) is 48.8 Å². The first-order chi connectivity index (χ1) is 27.1. The molecule has 0 atom stereocenters. The summed E-state index contributed by atoms with van der Waals surface area (Å²) in [6.45, 7) is 17.7. The first kappa shape index (κ1) is 42.8. The van der Waals surface area contributed by atoms with Gasteiger partial charge in [0.25, 0.3) is 11.8 Å². The summed E-state index contributed by atoms with van der Waals surface area (Å²) in [5, 5.41) is 6.61. The van der Waals surface area contributed by atoms with Gasteiger partial charge in [-0.1, -0.05) is 0 Å². The van der Waals surface area contributed by atoms with Crippen LogP contribution in [0.3, 0.4) is 0 Å². The SMILES string of the molecule is CC(C)Oc1cc2c(OCC3CCN(C(=O)OC(C)(C)C)CC3)nccc2cc1C(N)=O.CC(C)Oc1cc2c(OCC3CCNCC3)nccc2cc1C(N)=O. The lowest BCUT2D eigenvalue weighted by molar-refractivity contribution is 0.0164. The first-order valence-corrected chi connectivity index (χ1v) is 19.8. The summed E-state index contributed by atoms with van der Waals surface area (Å²) >= 11 is 0. The fraction of sp³-hybridized carbons (Fsp3) is 0.512. The molecule has 0 saturated carbocycles. The third-order valence-electron chi connectivity index (χ3n) is 9.55. The zero-order valence-electron chi connectivity index (χ0n) is 34.3. The highest BCUT2D eigenvalue weighted by Gasteiger charge is 2.27. The number of pyridine rings is 2. The van der Waals surface area contributed by atoms with Crippen LogP contribution >= 0.6 is 0 Å². The van der Waals surface area contributed by atoms with Crippen LogP contribution in [0.4, 0.5) is 4.79 Å². The predicted octanol–water partition coefficient (Wildman–Crippen LogP) is 6.65. The van der Waals surface area contributed by atoms with E-state index in [-0.39, 0.29) is 18.3 Å². The minimum atomic E-state index is -0.543. The molecule has 308 valence electrons. The van der Waals surface area contributed by atoms with Crippen molar-refractivity contribution in [1.82, 2.24) is 20.2 Å². The summed E-state index contributed by atoms with van der Waals surface area (Å²) in [5.41, 5.74) is 11.2. The number of nitrogens with one attached hydrogen (secondary N) is 1. The third-order valence-corrected chi connectivity index (χ3v) is 9.55. The predicted molar refractivity (Wildman–Crippen MR) is 219 cm³/mol. The molecule has 2 aromatic carbocycles. The van der Waals surface area contributed by atoms with E-state index in [0.717, 1.165) is 60.3 Å². The molecule has 14 nitrogen and oxygen atoms in total. The molecule has 6 rings (SSSR count). The highest BCUT2D eigenvalue weighted by atomic mass is 16.6. The minimum Gasteiger partial charge on any atom is -0.490 e. The average Bonchev–Trinajstić information content (AvgIpc) is 3.15. The molecule has 0 aliphatic carbocycles. The molecule has 5 N–H and O–H groups in total. The summed E-state index contributed by atoms with van der Waals surface area (Å²) in [6, 6.07) is 10.7. The van der Waals surface area contributed by atoms with Crippen LogP contribution in [0, 0.1) is 11.8 Å². The minimum absolute atomic E-state index is 0.0636. The van der Waals surface area contributed by atoms with Crippen LogP contribution in [0.1, 0.15) is 94.9 Å². The number of nitrogens with zero attached hydrogens (tertiary/aromatic N) is 3. The van der Waals surface area contributed by atoms with E-state index in [0.29, 0.717) is 72.5 Å². The molecule has 4 aromatic rings. The van der Waals surface area contributed by atoms with Crippen LogP contribution in [-0.4, -0.2) is 90.0 Å². The summed E-state index contributed by atoms with van der Waals surface area (Å²) in [7, 11) is 0. The number of rotatable bonds is 12. The topological polar surface area (TPSA) is 190 Å². The summed E-state index contributed by atoms with van der Waals surface area (Å²) in [4.78, 5) is 46.4. The number of hydrogen-bond donors (Lipinski definition) is 3. The largest absolute Gasteiger partial charge is 0.490 e. The van der Waals surface area contributed by atoms with Crippen molar-refractivity contribution < 1.29 is 38.1 Å². The van der Waals surface area contributed by atoms with E-state index < -0.39 is 17.4 Å². The lowest BCUT2D eigenvalue weighted by Gasteiger charge is -2.33. The molecule has 57 heavy (non-hydrogen) atoms. The molecule has 14 heteroatoms. The van der Waals surface area contributed by atoms with Crippen molar-refractivity contribution in [3.63, 3.8) is 0 Å². The summed E-state index contributed by atoms with van der Waals surface area (Å²) in [5.74, 6) is 1.74. The Bertz CT molecular complexity index is 2020. The molecule has 0 bridgehead atoms. The second-order valence-corrected chi connectivity index (χ2v) is 16.2. The molecular weight excluding hydrogens is 729 g/mol. The highest BCUT2D eigenvalue weighted by Crippen LogP contribution is 2.34. The summed E-state index contributed by atoms with van der Waals surface area (Å²) < 4.78 is 29.1. The molecule has 2 aromatic heterocycles. The number of hydrogen-bond acceptors (Lipinski definition) is 11. The number of aromatic nitrogens is 2. The Labute approximate surface area is 334 Å². The van der Waals surface area contributed by atoms with Crippen molar-refractivity contribution >= 4 is 39.5 Å². The van der Waals surface area contributed by atoms with Gasteiger partial charge in [0.05, 0.1) is 36.5 Å². The second kappa shape index (κ2) is 19.2. The number of primary amides is 2. The standard InChI is InChI=1S/C24H33N3O5.C19H25N3O3/c1-15(2)31-20-13-18-17(12-19(20)21(25)28)6-9-26-22(18)30-14-16-7-10-27(11-8-16)23(29)32-24(3,4)5;1-12(2)25-17-10-15-14(9-16(17)18(20)23)5-8-22-19(15)24-11-13-3-6-21-7-4-13/h6,9,12-13,15-16H,7-8,10-11,14H2,1-5H3,(H2,25,28);5,8-10,12-13,21H,3-4,6-7,11H2,1-2H3,(H2,20,23). The second-order valence-electron chi connectivity index (χ2n) is 16.2. The normalized spacial score (nSPS) is 15.3. The van der Waals surface area contributed by atoms with E-state index in [1.54, 1.807) is 41.6 Å². The quantitative estimate of drug-likeness (QED) is 0.139. The molecule has 2 aliphatic heterocycles. The average molecular weight is 787 g/mol. The molecule has 0 unspecified atom stereocenters. The van der Waals surface area contributed by atoms with Gasteiger partial charge in [0, 0.05) is 36.3 Å². The summed E-state index contributed by atoms with van der Waals surface area (Å²) in [6.07, 6.45) is 6.78. The number of fused-ring (bicyclic) bond motifs is 2. The lowest BCUT2D eigenvalue weighted by atomic mass is 9.98. The van der Waals surface area contributed by atoms with Crippen LogP contribution in [0.25, 0.3) is 21.5 Å². The van der Waals surface area contributed by atoms with Crippen molar-refractivity contribution in [3.05, 3.63) is 59.9 Å². The van der Waals surface area contributed by atoms with Gasteiger partial charge in [0.15, 0.2) is 0 Å². The van der Waals surface area contributed by atoms with E-state index in [9.17, 15) is 14.4 Å². The Morgan fingerprint density at radius 2 is 1.18 bits per heavy atom. The van der Waals surface area contributed by atoms with Crippen LogP contribution in [-0.2, 0) is 4.74 Å². The molecule has 2 saturated heterocycles. The van der Waals surface area contributed by atoms with Gasteiger partial charge in [0.2, 0.25) is 11.8 Å². The van der Waals surface area contributed by atoms with Gasteiger partial charge in [-0.15, -0.1) is 0 Å². The van der Waals surface area contributed by atoms with E-state index in [1.165, 1.54) is 0 Å². The maximum Gasteiger partial charge on any atom is 0.410 e. The molecule has 2 fully saturated rings. The Balaban J connectivity index is 0.000000224.